The SMILES string of the molecule is C=C(CC)CC(NCCC)C1(N(C)C)CCCC(C)C1. The van der Waals surface area contributed by atoms with Crippen molar-refractivity contribution in [3.8, 4) is 0 Å². The average Bonchev–Trinajstić information content (AvgIpc) is 2.42. The molecule has 0 heterocycles. The van der Waals surface area contributed by atoms with Gasteiger partial charge in [0.2, 0.25) is 0 Å². The van der Waals surface area contributed by atoms with Crippen molar-refractivity contribution in [3.05, 3.63) is 12.2 Å². The minimum atomic E-state index is 0.310. The standard InChI is InChI=1S/C18H36N2/c1-7-12-19-17(13-15(3)8-2)18(20(5)6)11-9-10-16(4)14-18/h16-17,19H,3,7-14H2,1-2,4-6H3. The Morgan fingerprint density at radius 1 is 1.40 bits per heavy atom. The van der Waals surface area contributed by atoms with Crippen LogP contribution in [0, 0.1) is 5.92 Å². The van der Waals surface area contributed by atoms with Gasteiger partial charge in [-0.25, -0.2) is 0 Å². The number of rotatable bonds is 8. The van der Waals surface area contributed by atoms with E-state index in [9.17, 15) is 0 Å². The maximum atomic E-state index is 4.27. The summed E-state index contributed by atoms with van der Waals surface area (Å²) in [7, 11) is 4.54. The van der Waals surface area contributed by atoms with Crippen LogP contribution < -0.4 is 5.32 Å². The van der Waals surface area contributed by atoms with Gasteiger partial charge in [0.15, 0.2) is 0 Å². The van der Waals surface area contributed by atoms with Crippen molar-refractivity contribution in [3.63, 3.8) is 0 Å². The molecule has 1 N–H and O–H groups in total. The van der Waals surface area contributed by atoms with Crippen LogP contribution in [-0.2, 0) is 0 Å². The highest BCUT2D eigenvalue weighted by molar-refractivity contribution is 5.08. The third kappa shape index (κ3) is 4.33. The summed E-state index contributed by atoms with van der Waals surface area (Å²) >= 11 is 0. The van der Waals surface area contributed by atoms with Gasteiger partial charge in [-0.2, -0.15) is 0 Å². The minimum absolute atomic E-state index is 0.310. The van der Waals surface area contributed by atoms with Crippen molar-refractivity contribution < 1.29 is 0 Å². The Bertz CT molecular complexity index is 298. The van der Waals surface area contributed by atoms with E-state index in [1.807, 2.05) is 0 Å². The van der Waals surface area contributed by atoms with Gasteiger partial charge in [-0.3, -0.25) is 0 Å². The van der Waals surface area contributed by atoms with Gasteiger partial charge >= 0.3 is 0 Å². The average molecular weight is 280 g/mol. The molecule has 2 heteroatoms. The molecule has 20 heavy (non-hydrogen) atoms. The molecule has 0 bridgehead atoms. The Balaban J connectivity index is 2.93. The van der Waals surface area contributed by atoms with Crippen LogP contribution >= 0.6 is 0 Å². The summed E-state index contributed by atoms with van der Waals surface area (Å²) in [6.07, 6.45) is 8.83. The van der Waals surface area contributed by atoms with Gasteiger partial charge in [0.05, 0.1) is 0 Å². The van der Waals surface area contributed by atoms with Crippen molar-refractivity contribution in [1.29, 1.82) is 0 Å². The Morgan fingerprint density at radius 2 is 2.10 bits per heavy atom. The summed E-state index contributed by atoms with van der Waals surface area (Å²) in [6, 6.07) is 0.549. The van der Waals surface area contributed by atoms with E-state index in [0.717, 1.165) is 25.3 Å². The molecule has 0 spiro atoms. The van der Waals surface area contributed by atoms with E-state index in [1.165, 1.54) is 37.7 Å². The summed E-state index contributed by atoms with van der Waals surface area (Å²) in [5.74, 6) is 0.840. The summed E-state index contributed by atoms with van der Waals surface area (Å²) in [5, 5.41) is 3.84. The highest BCUT2D eigenvalue weighted by atomic mass is 15.2. The molecule has 1 fully saturated rings. The number of nitrogens with zero attached hydrogens (tertiary/aromatic N) is 1. The third-order valence-corrected chi connectivity index (χ3v) is 5.18. The van der Waals surface area contributed by atoms with Crippen molar-refractivity contribution in [1.82, 2.24) is 10.2 Å². The van der Waals surface area contributed by atoms with Crippen molar-refractivity contribution in [2.75, 3.05) is 20.6 Å². The van der Waals surface area contributed by atoms with Gasteiger partial charge in [-0.05, 0) is 58.7 Å². The number of likely N-dealkylation sites (N-methyl/N-ethyl adjacent to an activating group) is 1. The molecule has 3 unspecified atom stereocenters. The zero-order valence-electron chi connectivity index (χ0n) is 14.5. The van der Waals surface area contributed by atoms with Crippen molar-refractivity contribution in [2.24, 2.45) is 5.92 Å². The Labute approximate surface area is 127 Å². The molecule has 1 aliphatic rings. The Kier molecular flexibility index (Phi) is 7.25. The molecule has 1 rings (SSSR count). The molecule has 0 radical (unpaired) electrons. The van der Waals surface area contributed by atoms with Gasteiger partial charge in [0, 0.05) is 11.6 Å². The molecule has 0 aromatic heterocycles. The summed E-state index contributed by atoms with van der Waals surface area (Å²) < 4.78 is 0. The smallest absolute Gasteiger partial charge is 0.0362 e. The molecular weight excluding hydrogens is 244 g/mol. The molecule has 3 atom stereocenters. The lowest BCUT2D eigenvalue weighted by atomic mass is 9.69. The van der Waals surface area contributed by atoms with Crippen LogP contribution in [0.2, 0.25) is 0 Å². The second-order valence-corrected chi connectivity index (χ2v) is 7.01. The lowest BCUT2D eigenvalue weighted by Crippen LogP contribution is -2.61. The first-order chi connectivity index (χ1) is 9.46. The molecule has 0 aromatic carbocycles. The lowest BCUT2D eigenvalue weighted by molar-refractivity contribution is 0.0372. The number of hydrogen-bond donors (Lipinski definition) is 1. The van der Waals surface area contributed by atoms with E-state index >= 15 is 0 Å². The quantitative estimate of drug-likeness (QED) is 0.670. The van der Waals surface area contributed by atoms with Crippen LogP contribution in [0.3, 0.4) is 0 Å². The van der Waals surface area contributed by atoms with Gasteiger partial charge in [0.25, 0.3) is 0 Å². The predicted octanol–water partition coefficient (Wildman–Crippen LogP) is 4.22. The first-order valence-electron chi connectivity index (χ1n) is 8.53. The first kappa shape index (κ1) is 17.7. The Morgan fingerprint density at radius 3 is 2.60 bits per heavy atom. The second-order valence-electron chi connectivity index (χ2n) is 7.01. The predicted molar refractivity (Wildman–Crippen MR) is 90.2 cm³/mol. The van der Waals surface area contributed by atoms with Crippen LogP contribution in [0.5, 0.6) is 0 Å². The molecule has 2 nitrogen and oxygen atoms in total. The molecule has 0 aromatic rings. The molecular formula is C18H36N2. The summed E-state index contributed by atoms with van der Waals surface area (Å²) in [4.78, 5) is 2.50. The maximum absolute atomic E-state index is 4.27. The number of nitrogens with one attached hydrogen (secondary N) is 1. The van der Waals surface area contributed by atoms with Gasteiger partial charge < -0.3 is 10.2 Å². The van der Waals surface area contributed by atoms with Crippen molar-refractivity contribution in [2.45, 2.75) is 77.3 Å². The van der Waals surface area contributed by atoms with E-state index in [4.69, 9.17) is 0 Å². The fourth-order valence-electron chi connectivity index (χ4n) is 3.80. The first-order valence-corrected chi connectivity index (χ1v) is 8.53. The fraction of sp³-hybridized carbons (Fsp3) is 0.889. The van der Waals surface area contributed by atoms with Gasteiger partial charge in [-0.15, -0.1) is 0 Å². The molecule has 0 aliphatic heterocycles. The zero-order valence-corrected chi connectivity index (χ0v) is 14.5. The fourth-order valence-corrected chi connectivity index (χ4v) is 3.80. The second kappa shape index (κ2) is 8.19. The topological polar surface area (TPSA) is 15.3 Å². The lowest BCUT2D eigenvalue weighted by Gasteiger charge is -2.51. The van der Waals surface area contributed by atoms with Crippen LogP contribution in [0.25, 0.3) is 0 Å². The van der Waals surface area contributed by atoms with E-state index in [-0.39, 0.29) is 0 Å². The maximum Gasteiger partial charge on any atom is 0.0362 e. The largest absolute Gasteiger partial charge is 0.312 e. The molecule has 0 saturated heterocycles. The van der Waals surface area contributed by atoms with Crippen LogP contribution in [0.15, 0.2) is 12.2 Å². The van der Waals surface area contributed by atoms with Crippen LogP contribution in [-0.4, -0.2) is 37.1 Å². The number of hydrogen-bond acceptors (Lipinski definition) is 2. The minimum Gasteiger partial charge on any atom is -0.312 e. The van der Waals surface area contributed by atoms with E-state index in [1.54, 1.807) is 0 Å². The van der Waals surface area contributed by atoms with Crippen molar-refractivity contribution >= 4 is 0 Å². The summed E-state index contributed by atoms with van der Waals surface area (Å²) in [5.41, 5.74) is 1.70. The van der Waals surface area contributed by atoms with Gasteiger partial charge in [0.1, 0.15) is 0 Å². The molecule has 118 valence electrons. The Hall–Kier alpha value is -0.340. The monoisotopic (exact) mass is 280 g/mol. The van der Waals surface area contributed by atoms with Gasteiger partial charge in [-0.1, -0.05) is 45.8 Å². The molecule has 0 amide bonds. The van der Waals surface area contributed by atoms with Crippen LogP contribution in [0.1, 0.15) is 65.7 Å². The highest BCUT2D eigenvalue weighted by Gasteiger charge is 2.43. The molecule has 1 aliphatic carbocycles. The third-order valence-electron chi connectivity index (χ3n) is 5.18. The van der Waals surface area contributed by atoms with Crippen LogP contribution in [0.4, 0.5) is 0 Å². The zero-order chi connectivity index (χ0) is 15.2. The van der Waals surface area contributed by atoms with E-state index in [2.05, 4.69) is 51.7 Å². The molecule has 1 saturated carbocycles. The normalized spacial score (nSPS) is 28.6. The van der Waals surface area contributed by atoms with E-state index < -0.39 is 0 Å². The van der Waals surface area contributed by atoms with E-state index in [0.29, 0.717) is 11.6 Å². The highest BCUT2D eigenvalue weighted by Crippen LogP contribution is 2.40. The summed E-state index contributed by atoms with van der Waals surface area (Å²) in [6.45, 7) is 12.3.